The third kappa shape index (κ3) is 3.64. The summed E-state index contributed by atoms with van der Waals surface area (Å²) in [6.45, 7) is 0. The van der Waals surface area contributed by atoms with Gasteiger partial charge in [0.1, 0.15) is 16.4 Å². The number of aromatic amines is 2. The van der Waals surface area contributed by atoms with Crippen LogP contribution in [0.3, 0.4) is 0 Å². The van der Waals surface area contributed by atoms with Crippen LogP contribution >= 0.6 is 0 Å². The molecular weight excluding hydrogens is 352 g/mol. The van der Waals surface area contributed by atoms with Crippen LogP contribution in [0.25, 0.3) is 22.9 Å². The van der Waals surface area contributed by atoms with Gasteiger partial charge >= 0.3 is 0 Å². The first-order chi connectivity index (χ1) is 13.6. The standard InChI is InChI=1S/C23H18N2O3/c1-28-19-10-7-15(8-11-19)13-20-22(26)25-21(23(27)24-20)14-16-6-9-17-4-2-3-5-18(17)12-16/h2-14H,1H3,(H,24,27)(H,25,26)/b20-13-,21-14-. The van der Waals surface area contributed by atoms with E-state index in [-0.39, 0.29) is 21.8 Å². The Bertz CT molecular complexity index is 1380. The quantitative estimate of drug-likeness (QED) is 0.578. The van der Waals surface area contributed by atoms with E-state index in [1.807, 2.05) is 54.6 Å². The normalized spacial score (nSPS) is 12.5. The number of fused-ring (bicyclic) bond motifs is 1. The minimum atomic E-state index is -0.359. The van der Waals surface area contributed by atoms with Crippen molar-refractivity contribution < 1.29 is 4.74 Å². The van der Waals surface area contributed by atoms with Crippen LogP contribution in [0.1, 0.15) is 11.1 Å². The van der Waals surface area contributed by atoms with Crippen LogP contribution in [-0.2, 0) is 0 Å². The van der Waals surface area contributed by atoms with E-state index in [2.05, 4.69) is 9.97 Å². The lowest BCUT2D eigenvalue weighted by atomic mass is 10.1. The fourth-order valence-electron chi connectivity index (χ4n) is 3.03. The second kappa shape index (κ2) is 7.40. The van der Waals surface area contributed by atoms with Gasteiger partial charge in [0, 0.05) is 0 Å². The van der Waals surface area contributed by atoms with Crippen LogP contribution in [0, 0.1) is 0 Å². The summed E-state index contributed by atoms with van der Waals surface area (Å²) >= 11 is 0. The summed E-state index contributed by atoms with van der Waals surface area (Å²) in [5.74, 6) is 0.722. The molecule has 1 heterocycles. The summed E-state index contributed by atoms with van der Waals surface area (Å²) in [6.07, 6.45) is 3.29. The fourth-order valence-corrected chi connectivity index (χ4v) is 3.03. The molecule has 3 aromatic carbocycles. The first kappa shape index (κ1) is 17.5. The summed E-state index contributed by atoms with van der Waals surface area (Å²) in [5, 5.41) is 2.60. The minimum absolute atomic E-state index is 0.200. The van der Waals surface area contributed by atoms with Crippen LogP contribution in [0.15, 0.2) is 76.3 Å². The summed E-state index contributed by atoms with van der Waals surface area (Å²) in [6, 6.07) is 21.1. The van der Waals surface area contributed by atoms with Crippen molar-refractivity contribution in [1.82, 2.24) is 9.97 Å². The topological polar surface area (TPSA) is 75.0 Å². The van der Waals surface area contributed by atoms with E-state index >= 15 is 0 Å². The molecule has 0 radical (unpaired) electrons. The minimum Gasteiger partial charge on any atom is -0.497 e. The van der Waals surface area contributed by atoms with E-state index in [4.69, 9.17) is 4.74 Å². The fraction of sp³-hybridized carbons (Fsp3) is 0.0435. The van der Waals surface area contributed by atoms with Crippen molar-refractivity contribution in [2.75, 3.05) is 7.11 Å². The lowest BCUT2D eigenvalue weighted by Crippen LogP contribution is -2.46. The maximum atomic E-state index is 12.5. The molecule has 0 spiro atoms. The molecule has 0 amide bonds. The van der Waals surface area contributed by atoms with E-state index < -0.39 is 0 Å². The molecule has 2 N–H and O–H groups in total. The van der Waals surface area contributed by atoms with Gasteiger partial charge in [-0.2, -0.15) is 0 Å². The van der Waals surface area contributed by atoms with Gasteiger partial charge in [-0.3, -0.25) is 9.59 Å². The number of rotatable bonds is 3. The maximum absolute atomic E-state index is 12.5. The van der Waals surface area contributed by atoms with Crippen molar-refractivity contribution in [2.45, 2.75) is 0 Å². The van der Waals surface area contributed by atoms with Crippen LogP contribution < -0.4 is 26.6 Å². The molecule has 138 valence electrons. The average Bonchev–Trinajstić information content (AvgIpc) is 2.72. The van der Waals surface area contributed by atoms with Gasteiger partial charge in [0.15, 0.2) is 0 Å². The van der Waals surface area contributed by atoms with Crippen molar-refractivity contribution in [3.05, 3.63) is 109 Å². The highest BCUT2D eigenvalue weighted by molar-refractivity contribution is 5.84. The molecule has 5 heteroatoms. The molecule has 0 unspecified atom stereocenters. The Morgan fingerprint density at radius 3 is 1.93 bits per heavy atom. The number of hydrogen-bond donors (Lipinski definition) is 2. The van der Waals surface area contributed by atoms with Gasteiger partial charge in [-0.25, -0.2) is 0 Å². The van der Waals surface area contributed by atoms with Gasteiger partial charge in [0.2, 0.25) is 0 Å². The largest absolute Gasteiger partial charge is 0.497 e. The Hall–Kier alpha value is -3.86. The number of benzene rings is 3. The lowest BCUT2D eigenvalue weighted by molar-refractivity contribution is 0.415. The molecule has 0 bridgehead atoms. The monoisotopic (exact) mass is 370 g/mol. The third-order valence-corrected chi connectivity index (χ3v) is 4.50. The van der Waals surface area contributed by atoms with E-state index in [9.17, 15) is 9.59 Å². The first-order valence-corrected chi connectivity index (χ1v) is 8.81. The Morgan fingerprint density at radius 2 is 1.29 bits per heavy atom. The lowest BCUT2D eigenvalue weighted by Gasteiger charge is -1.99. The number of methoxy groups -OCH3 is 1. The van der Waals surface area contributed by atoms with Crippen molar-refractivity contribution in [3.63, 3.8) is 0 Å². The highest BCUT2D eigenvalue weighted by atomic mass is 16.5. The predicted octanol–water partition coefficient (Wildman–Crippen LogP) is 1.88. The van der Waals surface area contributed by atoms with E-state index in [1.165, 1.54) is 0 Å². The Kier molecular flexibility index (Phi) is 4.64. The second-order valence-corrected chi connectivity index (χ2v) is 6.40. The van der Waals surface area contributed by atoms with Crippen molar-refractivity contribution in [1.29, 1.82) is 0 Å². The molecule has 0 saturated heterocycles. The SMILES string of the molecule is COc1ccc(/C=c2\[nH]c(=O)/c(=C/c3ccc4ccccc4c3)[nH]c2=O)cc1. The molecule has 5 nitrogen and oxygen atoms in total. The summed E-state index contributed by atoms with van der Waals surface area (Å²) in [5.41, 5.74) is 0.912. The molecule has 4 aromatic rings. The third-order valence-electron chi connectivity index (χ3n) is 4.50. The maximum Gasteiger partial charge on any atom is 0.272 e. The van der Waals surface area contributed by atoms with Crippen molar-refractivity contribution in [3.8, 4) is 5.75 Å². The average molecular weight is 370 g/mol. The number of aromatic nitrogens is 2. The van der Waals surface area contributed by atoms with Gasteiger partial charge in [-0.15, -0.1) is 0 Å². The Labute approximate surface area is 160 Å². The second-order valence-electron chi connectivity index (χ2n) is 6.40. The number of nitrogens with one attached hydrogen (secondary N) is 2. The number of hydrogen-bond acceptors (Lipinski definition) is 3. The number of H-pyrrole nitrogens is 2. The Balaban J connectivity index is 1.77. The van der Waals surface area contributed by atoms with Crippen LogP contribution in [0.2, 0.25) is 0 Å². The van der Waals surface area contributed by atoms with Gasteiger partial charge in [0.25, 0.3) is 11.1 Å². The zero-order chi connectivity index (χ0) is 19.5. The van der Waals surface area contributed by atoms with Crippen LogP contribution in [0.4, 0.5) is 0 Å². The van der Waals surface area contributed by atoms with E-state index in [1.54, 1.807) is 31.4 Å². The molecule has 0 aliphatic rings. The first-order valence-electron chi connectivity index (χ1n) is 8.81. The molecule has 0 fully saturated rings. The Morgan fingerprint density at radius 1 is 0.714 bits per heavy atom. The van der Waals surface area contributed by atoms with Crippen molar-refractivity contribution >= 4 is 22.9 Å². The number of ether oxygens (including phenoxy) is 1. The molecule has 0 atom stereocenters. The van der Waals surface area contributed by atoms with Gasteiger partial charge in [0.05, 0.1) is 7.11 Å². The van der Waals surface area contributed by atoms with Crippen LogP contribution in [-0.4, -0.2) is 17.1 Å². The highest BCUT2D eigenvalue weighted by Gasteiger charge is 1.99. The van der Waals surface area contributed by atoms with Crippen molar-refractivity contribution in [2.24, 2.45) is 0 Å². The highest BCUT2D eigenvalue weighted by Crippen LogP contribution is 2.15. The van der Waals surface area contributed by atoms with Gasteiger partial charge < -0.3 is 14.7 Å². The van der Waals surface area contributed by atoms with Gasteiger partial charge in [-0.1, -0.05) is 48.5 Å². The predicted molar refractivity (Wildman–Crippen MR) is 111 cm³/mol. The zero-order valence-electron chi connectivity index (χ0n) is 15.2. The molecule has 4 rings (SSSR count). The molecule has 0 aliphatic heterocycles. The molecule has 0 aliphatic carbocycles. The summed E-state index contributed by atoms with van der Waals surface area (Å²) in [4.78, 5) is 30.2. The smallest absolute Gasteiger partial charge is 0.272 e. The zero-order valence-corrected chi connectivity index (χ0v) is 15.2. The summed E-state index contributed by atoms with van der Waals surface area (Å²) < 4.78 is 5.12. The van der Waals surface area contributed by atoms with Crippen LogP contribution in [0.5, 0.6) is 5.75 Å². The molecule has 1 aromatic heterocycles. The summed E-state index contributed by atoms with van der Waals surface area (Å²) in [7, 11) is 1.59. The van der Waals surface area contributed by atoms with E-state index in [0.717, 1.165) is 27.6 Å². The molecule has 0 saturated carbocycles. The van der Waals surface area contributed by atoms with E-state index in [0.29, 0.717) is 0 Å². The van der Waals surface area contributed by atoms with Gasteiger partial charge in [-0.05, 0) is 52.3 Å². The molecule has 28 heavy (non-hydrogen) atoms. The molecular formula is C23H18N2O3.